The topological polar surface area (TPSA) is 75.4 Å². The highest BCUT2D eigenvalue weighted by Gasteiger charge is 2.25. The van der Waals surface area contributed by atoms with Gasteiger partial charge in [0, 0.05) is 6.54 Å². The second-order valence-electron chi connectivity index (χ2n) is 7.61. The molecule has 138 valence electrons. The van der Waals surface area contributed by atoms with Gasteiger partial charge in [-0.15, -0.1) is 0 Å². The Kier molecular flexibility index (Phi) is 7.00. The van der Waals surface area contributed by atoms with Crippen molar-refractivity contribution in [2.75, 3.05) is 19.6 Å². The Morgan fingerprint density at radius 3 is 2.52 bits per heavy atom. The predicted octanol–water partition coefficient (Wildman–Crippen LogP) is 2.26. The van der Waals surface area contributed by atoms with Crippen LogP contribution in [0.4, 0.5) is 0 Å². The molecule has 5 nitrogen and oxygen atoms in total. The van der Waals surface area contributed by atoms with Gasteiger partial charge in [0.25, 0.3) is 0 Å². The van der Waals surface area contributed by atoms with E-state index in [1.165, 1.54) is 5.56 Å². The number of hydrogen-bond donors (Lipinski definition) is 2. The highest BCUT2D eigenvalue weighted by molar-refractivity contribution is 5.79. The number of nitrogens with zero attached hydrogens (tertiary/aromatic N) is 1. The summed E-state index contributed by atoms with van der Waals surface area (Å²) in [5, 5.41) is 3.05. The second kappa shape index (κ2) is 8.99. The van der Waals surface area contributed by atoms with Gasteiger partial charge in [-0.3, -0.25) is 14.5 Å². The highest BCUT2D eigenvalue weighted by atomic mass is 16.2. The van der Waals surface area contributed by atoms with Crippen LogP contribution in [0.3, 0.4) is 0 Å². The van der Waals surface area contributed by atoms with Crippen molar-refractivity contribution in [2.45, 2.75) is 46.1 Å². The number of hydrogen-bond acceptors (Lipinski definition) is 3. The lowest BCUT2D eigenvalue weighted by atomic mass is 9.97. The van der Waals surface area contributed by atoms with E-state index in [-0.39, 0.29) is 23.8 Å². The lowest BCUT2D eigenvalue weighted by molar-refractivity contribution is -0.127. The zero-order valence-electron chi connectivity index (χ0n) is 15.6. The zero-order chi connectivity index (χ0) is 18.4. The monoisotopic (exact) mass is 345 g/mol. The maximum atomic E-state index is 12.3. The third-order valence-corrected chi connectivity index (χ3v) is 4.78. The van der Waals surface area contributed by atoms with Gasteiger partial charge in [0.1, 0.15) is 0 Å². The smallest absolute Gasteiger partial charge is 0.234 e. The zero-order valence-corrected chi connectivity index (χ0v) is 15.6. The van der Waals surface area contributed by atoms with E-state index >= 15 is 0 Å². The lowest BCUT2D eigenvalue weighted by Gasteiger charge is -2.30. The number of benzene rings is 1. The summed E-state index contributed by atoms with van der Waals surface area (Å²) < 4.78 is 0. The van der Waals surface area contributed by atoms with Crippen LogP contribution in [0, 0.1) is 11.8 Å². The SMILES string of the molecule is CC(C)Cc1ccc([C@@H](C)NC(=O)CN2CCC[C@@H](C(N)=O)C2)cc1. The molecule has 25 heavy (non-hydrogen) atoms. The number of likely N-dealkylation sites (tertiary alicyclic amines) is 1. The Hall–Kier alpha value is -1.88. The summed E-state index contributed by atoms with van der Waals surface area (Å²) in [6.45, 7) is 8.16. The van der Waals surface area contributed by atoms with Crippen molar-refractivity contribution < 1.29 is 9.59 Å². The molecule has 1 aliphatic heterocycles. The first-order valence-corrected chi connectivity index (χ1v) is 9.25. The van der Waals surface area contributed by atoms with Gasteiger partial charge in [-0.2, -0.15) is 0 Å². The molecule has 1 aromatic carbocycles. The van der Waals surface area contributed by atoms with Crippen LogP contribution in [0.25, 0.3) is 0 Å². The number of amides is 2. The van der Waals surface area contributed by atoms with Crippen LogP contribution in [0.1, 0.15) is 50.8 Å². The average Bonchev–Trinajstić information content (AvgIpc) is 2.55. The number of primary amides is 1. The Morgan fingerprint density at radius 1 is 1.24 bits per heavy atom. The normalized spacial score (nSPS) is 19.6. The number of nitrogens with two attached hydrogens (primary N) is 1. The second-order valence-corrected chi connectivity index (χ2v) is 7.61. The molecule has 1 saturated heterocycles. The van der Waals surface area contributed by atoms with E-state index in [0.717, 1.165) is 31.4 Å². The molecule has 0 aliphatic carbocycles. The first-order chi connectivity index (χ1) is 11.8. The van der Waals surface area contributed by atoms with E-state index in [4.69, 9.17) is 5.73 Å². The first kappa shape index (κ1) is 19.4. The number of rotatable bonds is 7. The third-order valence-electron chi connectivity index (χ3n) is 4.78. The van der Waals surface area contributed by atoms with E-state index in [0.29, 0.717) is 19.0 Å². The molecule has 2 amide bonds. The molecule has 0 spiro atoms. The van der Waals surface area contributed by atoms with Gasteiger partial charge in [-0.25, -0.2) is 0 Å². The van der Waals surface area contributed by atoms with Gasteiger partial charge >= 0.3 is 0 Å². The summed E-state index contributed by atoms with van der Waals surface area (Å²) in [6.07, 6.45) is 2.80. The van der Waals surface area contributed by atoms with E-state index in [1.807, 2.05) is 11.8 Å². The number of carbonyl (C=O) groups excluding carboxylic acids is 2. The molecule has 1 fully saturated rings. The van der Waals surface area contributed by atoms with Crippen molar-refractivity contribution in [1.82, 2.24) is 10.2 Å². The van der Waals surface area contributed by atoms with Crippen LogP contribution in [0.15, 0.2) is 24.3 Å². The fourth-order valence-electron chi connectivity index (χ4n) is 3.42. The predicted molar refractivity (Wildman–Crippen MR) is 99.9 cm³/mol. The Bertz CT molecular complexity index is 583. The molecular weight excluding hydrogens is 314 g/mol. The van der Waals surface area contributed by atoms with Crippen LogP contribution in [0.5, 0.6) is 0 Å². The Morgan fingerprint density at radius 2 is 1.92 bits per heavy atom. The number of piperidine rings is 1. The third kappa shape index (κ3) is 6.16. The molecule has 1 aromatic rings. The van der Waals surface area contributed by atoms with Crippen molar-refractivity contribution >= 4 is 11.8 Å². The fourth-order valence-corrected chi connectivity index (χ4v) is 3.42. The molecular formula is C20H31N3O2. The highest BCUT2D eigenvalue weighted by Crippen LogP contribution is 2.17. The molecule has 5 heteroatoms. The molecule has 1 heterocycles. The largest absolute Gasteiger partial charge is 0.369 e. The fraction of sp³-hybridized carbons (Fsp3) is 0.600. The van der Waals surface area contributed by atoms with Crippen LogP contribution >= 0.6 is 0 Å². The van der Waals surface area contributed by atoms with E-state index in [2.05, 4.69) is 43.4 Å². The van der Waals surface area contributed by atoms with Crippen molar-refractivity contribution in [3.63, 3.8) is 0 Å². The number of nitrogens with one attached hydrogen (secondary N) is 1. The lowest BCUT2D eigenvalue weighted by Crippen LogP contribution is -2.45. The summed E-state index contributed by atoms with van der Waals surface area (Å²) >= 11 is 0. The quantitative estimate of drug-likeness (QED) is 0.796. The van der Waals surface area contributed by atoms with Gasteiger partial charge < -0.3 is 11.1 Å². The van der Waals surface area contributed by atoms with Crippen LogP contribution in [0.2, 0.25) is 0 Å². The van der Waals surface area contributed by atoms with Gasteiger partial charge in [0.05, 0.1) is 18.5 Å². The molecule has 0 unspecified atom stereocenters. The standard InChI is InChI=1S/C20H31N3O2/c1-14(2)11-16-6-8-17(9-7-16)15(3)22-19(24)13-23-10-4-5-18(12-23)20(21)25/h6-9,14-15,18H,4-5,10-13H2,1-3H3,(H2,21,25)(H,22,24)/t15-,18-/m1/s1. The van der Waals surface area contributed by atoms with Crippen LogP contribution in [-0.4, -0.2) is 36.3 Å². The van der Waals surface area contributed by atoms with Crippen LogP contribution < -0.4 is 11.1 Å². The van der Waals surface area contributed by atoms with Crippen LogP contribution in [-0.2, 0) is 16.0 Å². The maximum Gasteiger partial charge on any atom is 0.234 e. The molecule has 1 aliphatic rings. The Labute approximate surface area is 151 Å². The summed E-state index contributed by atoms with van der Waals surface area (Å²) in [5.74, 6) is 0.230. The van der Waals surface area contributed by atoms with Crippen molar-refractivity contribution in [2.24, 2.45) is 17.6 Å². The van der Waals surface area contributed by atoms with Crippen molar-refractivity contribution in [1.29, 1.82) is 0 Å². The summed E-state index contributed by atoms with van der Waals surface area (Å²) in [7, 11) is 0. The van der Waals surface area contributed by atoms with Gasteiger partial charge in [0.15, 0.2) is 0 Å². The summed E-state index contributed by atoms with van der Waals surface area (Å²) in [6, 6.07) is 8.43. The molecule has 0 saturated carbocycles. The van der Waals surface area contributed by atoms with Gasteiger partial charge in [0.2, 0.25) is 11.8 Å². The molecule has 2 rings (SSSR count). The molecule has 0 bridgehead atoms. The van der Waals surface area contributed by atoms with E-state index in [1.54, 1.807) is 0 Å². The minimum absolute atomic E-state index is 0.0103. The van der Waals surface area contributed by atoms with Crippen molar-refractivity contribution in [3.05, 3.63) is 35.4 Å². The summed E-state index contributed by atoms with van der Waals surface area (Å²) in [5.41, 5.74) is 7.82. The Balaban J connectivity index is 1.84. The van der Waals surface area contributed by atoms with Crippen molar-refractivity contribution in [3.8, 4) is 0 Å². The minimum atomic E-state index is -0.264. The van der Waals surface area contributed by atoms with E-state index in [9.17, 15) is 9.59 Å². The minimum Gasteiger partial charge on any atom is -0.369 e. The first-order valence-electron chi connectivity index (χ1n) is 9.25. The van der Waals surface area contributed by atoms with E-state index < -0.39 is 0 Å². The van der Waals surface area contributed by atoms with Gasteiger partial charge in [-0.1, -0.05) is 38.1 Å². The molecule has 3 N–H and O–H groups in total. The summed E-state index contributed by atoms with van der Waals surface area (Å²) in [4.78, 5) is 25.7. The maximum absolute atomic E-state index is 12.3. The molecule has 0 radical (unpaired) electrons. The average molecular weight is 345 g/mol. The number of carbonyl (C=O) groups is 2. The van der Waals surface area contributed by atoms with Gasteiger partial charge in [-0.05, 0) is 49.8 Å². The molecule has 2 atom stereocenters. The molecule has 0 aromatic heterocycles.